The summed E-state index contributed by atoms with van der Waals surface area (Å²) in [6, 6.07) is 5.22. The highest BCUT2D eigenvalue weighted by Gasteiger charge is 2.14. The first-order valence-corrected chi connectivity index (χ1v) is 7.51. The number of imidazole rings is 1. The quantitative estimate of drug-likeness (QED) is 0.775. The summed E-state index contributed by atoms with van der Waals surface area (Å²) in [7, 11) is 0. The zero-order valence-electron chi connectivity index (χ0n) is 13.0. The number of carboxylic acids is 1. The third-order valence-corrected chi connectivity index (χ3v) is 3.89. The fourth-order valence-electron chi connectivity index (χ4n) is 2.63. The standard InChI is InChI=1S/C17H17N3O3/c1-3-10-7-13(17(22)23)16(21)19-15(10)11-5-6-14-18-12(4-2)9-20(14)8-11/h5-9H,3-4H2,1-2H3,(H,19,21)(H,22,23). The van der Waals surface area contributed by atoms with Gasteiger partial charge in [0.05, 0.1) is 11.4 Å². The number of hydrogen-bond acceptors (Lipinski definition) is 3. The van der Waals surface area contributed by atoms with Crippen molar-refractivity contribution in [2.45, 2.75) is 26.7 Å². The predicted octanol–water partition coefficient (Wildman–Crippen LogP) is 2.51. The molecule has 0 bridgehead atoms. The molecule has 118 valence electrons. The van der Waals surface area contributed by atoms with E-state index in [1.165, 1.54) is 6.07 Å². The summed E-state index contributed by atoms with van der Waals surface area (Å²) in [4.78, 5) is 30.3. The lowest BCUT2D eigenvalue weighted by atomic mass is 10.0. The molecule has 0 radical (unpaired) electrons. The number of aromatic nitrogens is 3. The average Bonchev–Trinajstić information content (AvgIpc) is 2.96. The molecule has 0 atom stereocenters. The van der Waals surface area contributed by atoms with E-state index in [9.17, 15) is 9.59 Å². The number of nitrogens with zero attached hydrogens (tertiary/aromatic N) is 2. The maximum atomic E-state index is 12.0. The molecule has 0 amide bonds. The minimum Gasteiger partial charge on any atom is -0.477 e. The van der Waals surface area contributed by atoms with E-state index in [0.717, 1.165) is 28.9 Å². The Bertz CT molecular complexity index is 953. The summed E-state index contributed by atoms with van der Waals surface area (Å²) >= 11 is 0. The molecule has 3 rings (SSSR count). The molecule has 0 saturated heterocycles. The summed E-state index contributed by atoms with van der Waals surface area (Å²) in [6.07, 6.45) is 5.32. The summed E-state index contributed by atoms with van der Waals surface area (Å²) in [6.45, 7) is 3.97. The van der Waals surface area contributed by atoms with Crippen LogP contribution in [0.15, 0.2) is 35.4 Å². The molecule has 0 aromatic carbocycles. The highest BCUT2D eigenvalue weighted by atomic mass is 16.4. The molecule has 23 heavy (non-hydrogen) atoms. The van der Waals surface area contributed by atoms with Crippen molar-refractivity contribution in [2.75, 3.05) is 0 Å². The fraction of sp³-hybridized carbons (Fsp3) is 0.235. The van der Waals surface area contributed by atoms with Gasteiger partial charge in [-0.05, 0) is 36.6 Å². The first kappa shape index (κ1) is 15.0. The van der Waals surface area contributed by atoms with Gasteiger partial charge in [-0.3, -0.25) is 4.79 Å². The van der Waals surface area contributed by atoms with Gasteiger partial charge in [0.15, 0.2) is 0 Å². The predicted molar refractivity (Wildman–Crippen MR) is 87.0 cm³/mol. The number of aromatic amines is 1. The second-order valence-corrected chi connectivity index (χ2v) is 5.34. The molecule has 0 aliphatic carbocycles. The van der Waals surface area contributed by atoms with E-state index in [1.807, 2.05) is 42.8 Å². The smallest absolute Gasteiger partial charge is 0.341 e. The molecule has 0 unspecified atom stereocenters. The Morgan fingerprint density at radius 1 is 1.26 bits per heavy atom. The lowest BCUT2D eigenvalue weighted by molar-refractivity contribution is 0.0695. The number of H-pyrrole nitrogens is 1. The molecule has 6 heteroatoms. The van der Waals surface area contributed by atoms with Crippen LogP contribution in [0.4, 0.5) is 0 Å². The molecule has 0 fully saturated rings. The van der Waals surface area contributed by atoms with Gasteiger partial charge in [0.2, 0.25) is 0 Å². The average molecular weight is 311 g/mol. The van der Waals surface area contributed by atoms with Gasteiger partial charge in [-0.25, -0.2) is 9.78 Å². The van der Waals surface area contributed by atoms with Gasteiger partial charge < -0.3 is 14.5 Å². The Morgan fingerprint density at radius 3 is 2.70 bits per heavy atom. The largest absolute Gasteiger partial charge is 0.477 e. The third kappa shape index (κ3) is 2.63. The molecular formula is C17H17N3O3. The topological polar surface area (TPSA) is 87.5 Å². The van der Waals surface area contributed by atoms with Gasteiger partial charge in [-0.1, -0.05) is 13.8 Å². The maximum absolute atomic E-state index is 12.0. The molecule has 0 saturated carbocycles. The van der Waals surface area contributed by atoms with Crippen LogP contribution in [0.1, 0.15) is 35.5 Å². The molecule has 3 aromatic rings. The molecule has 2 N–H and O–H groups in total. The molecule has 6 nitrogen and oxygen atoms in total. The van der Waals surface area contributed by atoms with Crippen LogP contribution in [0, 0.1) is 0 Å². The van der Waals surface area contributed by atoms with Crippen molar-refractivity contribution in [1.29, 1.82) is 0 Å². The van der Waals surface area contributed by atoms with Crippen LogP contribution in [0.3, 0.4) is 0 Å². The van der Waals surface area contributed by atoms with E-state index < -0.39 is 11.5 Å². The molecule has 0 aliphatic heterocycles. The number of rotatable bonds is 4. The Hall–Kier alpha value is -2.89. The number of nitrogens with one attached hydrogen (secondary N) is 1. The van der Waals surface area contributed by atoms with Crippen molar-refractivity contribution in [3.05, 3.63) is 57.8 Å². The number of fused-ring (bicyclic) bond motifs is 1. The first-order valence-electron chi connectivity index (χ1n) is 7.51. The zero-order valence-corrected chi connectivity index (χ0v) is 13.0. The highest BCUT2D eigenvalue weighted by Crippen LogP contribution is 2.22. The second-order valence-electron chi connectivity index (χ2n) is 5.34. The van der Waals surface area contributed by atoms with Crippen molar-refractivity contribution < 1.29 is 9.90 Å². The fourth-order valence-corrected chi connectivity index (χ4v) is 2.63. The zero-order chi connectivity index (χ0) is 16.6. The van der Waals surface area contributed by atoms with Crippen LogP contribution in [0.25, 0.3) is 16.9 Å². The Kier molecular flexibility index (Phi) is 3.73. The second kappa shape index (κ2) is 5.72. The van der Waals surface area contributed by atoms with Gasteiger partial charge in [0.25, 0.3) is 5.56 Å². The van der Waals surface area contributed by atoms with E-state index in [1.54, 1.807) is 0 Å². The van der Waals surface area contributed by atoms with Crippen LogP contribution in [-0.4, -0.2) is 25.4 Å². The number of aromatic carboxylic acids is 1. The molecule has 3 heterocycles. The first-order chi connectivity index (χ1) is 11.0. The monoisotopic (exact) mass is 311 g/mol. The van der Waals surface area contributed by atoms with Crippen molar-refractivity contribution in [3.63, 3.8) is 0 Å². The SMILES string of the molecule is CCc1cn2cc(-c3[nH]c(=O)c(C(=O)O)cc3CC)ccc2n1. The number of carboxylic acid groups (broad SMARTS) is 1. The lowest BCUT2D eigenvalue weighted by Gasteiger charge is -2.09. The molecular weight excluding hydrogens is 294 g/mol. The Labute approximate surface area is 132 Å². The van der Waals surface area contributed by atoms with Crippen molar-refractivity contribution >= 4 is 11.6 Å². The normalized spacial score (nSPS) is 11.0. The van der Waals surface area contributed by atoms with Crippen molar-refractivity contribution in [2.24, 2.45) is 0 Å². The van der Waals surface area contributed by atoms with E-state index in [0.29, 0.717) is 12.1 Å². The Morgan fingerprint density at radius 2 is 2.04 bits per heavy atom. The summed E-state index contributed by atoms with van der Waals surface area (Å²) in [5, 5.41) is 9.09. The van der Waals surface area contributed by atoms with Gasteiger partial charge in [0, 0.05) is 18.0 Å². The summed E-state index contributed by atoms with van der Waals surface area (Å²) < 4.78 is 1.91. The molecule has 3 aromatic heterocycles. The summed E-state index contributed by atoms with van der Waals surface area (Å²) in [5.41, 5.74) is 3.27. The minimum absolute atomic E-state index is 0.234. The van der Waals surface area contributed by atoms with E-state index in [-0.39, 0.29) is 5.56 Å². The van der Waals surface area contributed by atoms with E-state index in [2.05, 4.69) is 9.97 Å². The van der Waals surface area contributed by atoms with E-state index >= 15 is 0 Å². The Balaban J connectivity index is 2.19. The van der Waals surface area contributed by atoms with Crippen LogP contribution < -0.4 is 5.56 Å². The van der Waals surface area contributed by atoms with Gasteiger partial charge in [-0.2, -0.15) is 0 Å². The molecule has 0 spiro atoms. The van der Waals surface area contributed by atoms with Crippen molar-refractivity contribution in [3.8, 4) is 11.3 Å². The number of pyridine rings is 2. The molecule has 0 aliphatic rings. The van der Waals surface area contributed by atoms with Crippen LogP contribution in [-0.2, 0) is 12.8 Å². The van der Waals surface area contributed by atoms with Crippen LogP contribution >= 0.6 is 0 Å². The highest BCUT2D eigenvalue weighted by molar-refractivity contribution is 5.88. The van der Waals surface area contributed by atoms with Crippen LogP contribution in [0.2, 0.25) is 0 Å². The lowest BCUT2D eigenvalue weighted by Crippen LogP contribution is -2.19. The van der Waals surface area contributed by atoms with Gasteiger partial charge in [0.1, 0.15) is 11.2 Å². The number of aryl methyl sites for hydroxylation is 2. The summed E-state index contributed by atoms with van der Waals surface area (Å²) in [5.74, 6) is -1.22. The maximum Gasteiger partial charge on any atom is 0.341 e. The van der Waals surface area contributed by atoms with Gasteiger partial charge >= 0.3 is 5.97 Å². The van der Waals surface area contributed by atoms with E-state index in [4.69, 9.17) is 5.11 Å². The van der Waals surface area contributed by atoms with Gasteiger partial charge in [-0.15, -0.1) is 0 Å². The number of carbonyl (C=O) groups is 1. The van der Waals surface area contributed by atoms with Crippen molar-refractivity contribution in [1.82, 2.24) is 14.4 Å². The number of hydrogen-bond donors (Lipinski definition) is 2. The minimum atomic E-state index is -1.22. The third-order valence-electron chi connectivity index (χ3n) is 3.89. The van der Waals surface area contributed by atoms with Crippen LogP contribution in [0.5, 0.6) is 0 Å².